The number of rotatable bonds is 5. The first-order valence-electron chi connectivity index (χ1n) is 8.01. The van der Waals surface area contributed by atoms with Crippen molar-refractivity contribution < 1.29 is 4.79 Å². The van der Waals surface area contributed by atoms with Crippen molar-refractivity contribution in [2.45, 2.75) is 52.6 Å². The molecule has 1 aliphatic rings. The lowest BCUT2D eigenvalue weighted by Crippen LogP contribution is -2.39. The maximum absolute atomic E-state index is 12.2. The van der Waals surface area contributed by atoms with Crippen LogP contribution in [0, 0.1) is 0 Å². The summed E-state index contributed by atoms with van der Waals surface area (Å²) < 4.78 is 1.88. The van der Waals surface area contributed by atoms with Crippen LogP contribution in [0.3, 0.4) is 0 Å². The van der Waals surface area contributed by atoms with Gasteiger partial charge in [-0.25, -0.2) is 4.68 Å². The molecule has 1 aromatic heterocycles. The third-order valence-corrected chi connectivity index (χ3v) is 4.38. The quantitative estimate of drug-likeness (QED) is 0.831. The van der Waals surface area contributed by atoms with E-state index >= 15 is 0 Å². The number of hydrogen-bond acceptors (Lipinski definition) is 4. The summed E-state index contributed by atoms with van der Waals surface area (Å²) in [6.07, 6.45) is 3.96. The number of amides is 1. The zero-order valence-corrected chi connectivity index (χ0v) is 13.6. The van der Waals surface area contributed by atoms with Crippen LogP contribution in [0.2, 0.25) is 0 Å². The van der Waals surface area contributed by atoms with E-state index < -0.39 is 0 Å². The molecular formula is C15H27N5O. The van der Waals surface area contributed by atoms with E-state index in [4.69, 9.17) is 0 Å². The first-order chi connectivity index (χ1) is 10.1. The third-order valence-electron chi connectivity index (χ3n) is 4.38. The molecule has 6 heteroatoms. The first kappa shape index (κ1) is 15.9. The fourth-order valence-electron chi connectivity index (χ4n) is 2.89. The smallest absolute Gasteiger partial charge is 0.276 e. The van der Waals surface area contributed by atoms with Crippen molar-refractivity contribution in [3.8, 4) is 0 Å². The molecule has 1 aliphatic heterocycles. The first-order valence-corrected chi connectivity index (χ1v) is 8.01. The normalized spacial score (nSPS) is 17.4. The number of likely N-dealkylation sites (tertiary alicyclic amines) is 1. The van der Waals surface area contributed by atoms with Crippen molar-refractivity contribution in [3.63, 3.8) is 0 Å². The highest BCUT2D eigenvalue weighted by Crippen LogP contribution is 2.23. The Morgan fingerprint density at radius 3 is 2.48 bits per heavy atom. The Labute approximate surface area is 127 Å². The van der Waals surface area contributed by atoms with Crippen LogP contribution in [0.25, 0.3) is 0 Å². The van der Waals surface area contributed by atoms with E-state index in [-0.39, 0.29) is 5.91 Å². The zero-order chi connectivity index (χ0) is 15.4. The largest absolute Gasteiger partial charge is 0.338 e. The molecule has 1 aromatic rings. The molecule has 0 bridgehead atoms. The third kappa shape index (κ3) is 3.61. The van der Waals surface area contributed by atoms with E-state index in [1.165, 1.54) is 0 Å². The lowest BCUT2D eigenvalue weighted by molar-refractivity contribution is 0.0767. The lowest BCUT2D eigenvalue weighted by Gasteiger charge is -2.34. The minimum Gasteiger partial charge on any atom is -0.338 e. The summed E-state index contributed by atoms with van der Waals surface area (Å²) in [6, 6.07) is 0.965. The molecule has 0 aromatic carbocycles. The molecule has 0 spiro atoms. The van der Waals surface area contributed by atoms with Gasteiger partial charge < -0.3 is 9.80 Å². The van der Waals surface area contributed by atoms with Gasteiger partial charge in [0.1, 0.15) is 0 Å². The number of nitrogens with zero attached hydrogens (tertiary/aromatic N) is 5. The fourth-order valence-corrected chi connectivity index (χ4v) is 2.89. The molecule has 1 saturated heterocycles. The summed E-state index contributed by atoms with van der Waals surface area (Å²) in [5.74, 6) is -0.0223. The van der Waals surface area contributed by atoms with Crippen molar-refractivity contribution >= 4 is 5.91 Å². The Morgan fingerprint density at radius 2 is 1.95 bits per heavy atom. The van der Waals surface area contributed by atoms with Gasteiger partial charge in [0.2, 0.25) is 0 Å². The fraction of sp³-hybridized carbons (Fsp3) is 0.800. The summed E-state index contributed by atoms with van der Waals surface area (Å²) in [5, 5.41) is 8.25. The highest BCUT2D eigenvalue weighted by atomic mass is 16.2. The van der Waals surface area contributed by atoms with Crippen LogP contribution >= 0.6 is 0 Å². The van der Waals surface area contributed by atoms with Crippen LogP contribution in [0.15, 0.2) is 6.20 Å². The zero-order valence-electron chi connectivity index (χ0n) is 13.6. The number of piperidine rings is 1. The molecule has 1 amide bonds. The van der Waals surface area contributed by atoms with E-state index in [2.05, 4.69) is 29.1 Å². The molecule has 6 nitrogen and oxygen atoms in total. The molecule has 0 aliphatic carbocycles. The topological polar surface area (TPSA) is 54.3 Å². The lowest BCUT2D eigenvalue weighted by atomic mass is 10.0. The van der Waals surface area contributed by atoms with Crippen molar-refractivity contribution in [2.75, 3.05) is 26.2 Å². The molecule has 118 valence electrons. The average Bonchev–Trinajstić information content (AvgIpc) is 2.98. The average molecular weight is 293 g/mol. The van der Waals surface area contributed by atoms with E-state index in [0.717, 1.165) is 25.9 Å². The minimum absolute atomic E-state index is 0.0223. The van der Waals surface area contributed by atoms with E-state index in [0.29, 0.717) is 30.9 Å². The molecule has 1 fully saturated rings. The maximum atomic E-state index is 12.2. The molecule has 0 N–H and O–H groups in total. The van der Waals surface area contributed by atoms with Gasteiger partial charge in [-0.1, -0.05) is 5.21 Å². The molecule has 0 radical (unpaired) electrons. The number of carbonyl (C=O) groups excluding carboxylic acids is 1. The molecule has 0 unspecified atom stereocenters. The van der Waals surface area contributed by atoms with Crippen LogP contribution in [0.5, 0.6) is 0 Å². The molecule has 0 atom stereocenters. The summed E-state index contributed by atoms with van der Waals surface area (Å²) in [5.41, 5.74) is 0.463. The van der Waals surface area contributed by atoms with Crippen LogP contribution < -0.4 is 0 Å². The van der Waals surface area contributed by atoms with Crippen LogP contribution in [0.1, 0.15) is 57.1 Å². The number of hydrogen-bond donors (Lipinski definition) is 0. The van der Waals surface area contributed by atoms with Crippen LogP contribution in [-0.2, 0) is 0 Å². The van der Waals surface area contributed by atoms with Gasteiger partial charge in [0, 0.05) is 32.2 Å². The number of aromatic nitrogens is 3. The monoisotopic (exact) mass is 293 g/mol. The van der Waals surface area contributed by atoms with Crippen molar-refractivity contribution in [1.29, 1.82) is 0 Å². The molecule has 2 rings (SSSR count). The Morgan fingerprint density at radius 1 is 1.33 bits per heavy atom. The van der Waals surface area contributed by atoms with Crippen molar-refractivity contribution in [1.82, 2.24) is 24.8 Å². The Bertz CT molecular complexity index is 458. The second kappa shape index (κ2) is 7.02. The van der Waals surface area contributed by atoms with E-state index in [1.54, 1.807) is 4.90 Å². The Kier molecular flexibility index (Phi) is 5.33. The van der Waals surface area contributed by atoms with Gasteiger partial charge in [0.25, 0.3) is 5.91 Å². The maximum Gasteiger partial charge on any atom is 0.276 e. The SMILES string of the molecule is CCN(CC)C(=O)c1cn(C2CCN(C(C)C)CC2)nn1. The van der Waals surface area contributed by atoms with Gasteiger partial charge in [0.15, 0.2) is 5.69 Å². The second-order valence-electron chi connectivity index (χ2n) is 5.92. The predicted octanol–water partition coefficient (Wildman–Crippen LogP) is 1.81. The number of carbonyl (C=O) groups is 1. The standard InChI is InChI=1S/C15H27N5O/c1-5-18(6-2)15(21)14-11-20(17-16-14)13-7-9-19(10-8-13)12(3)4/h11-13H,5-10H2,1-4H3. The van der Waals surface area contributed by atoms with Crippen LogP contribution in [-0.4, -0.2) is 62.9 Å². The summed E-state index contributed by atoms with van der Waals surface area (Å²) in [7, 11) is 0. The van der Waals surface area contributed by atoms with E-state index in [9.17, 15) is 4.79 Å². The summed E-state index contributed by atoms with van der Waals surface area (Å²) >= 11 is 0. The summed E-state index contributed by atoms with van der Waals surface area (Å²) in [4.78, 5) is 16.5. The Balaban J connectivity index is 1.99. The summed E-state index contributed by atoms with van der Waals surface area (Å²) in [6.45, 7) is 12.0. The van der Waals surface area contributed by atoms with Crippen molar-refractivity contribution in [3.05, 3.63) is 11.9 Å². The molecular weight excluding hydrogens is 266 g/mol. The molecule has 0 saturated carbocycles. The van der Waals surface area contributed by atoms with Gasteiger partial charge >= 0.3 is 0 Å². The Hall–Kier alpha value is -1.43. The van der Waals surface area contributed by atoms with Gasteiger partial charge in [-0.2, -0.15) is 0 Å². The van der Waals surface area contributed by atoms with Crippen molar-refractivity contribution in [2.24, 2.45) is 0 Å². The van der Waals surface area contributed by atoms with Gasteiger partial charge in [-0.15, -0.1) is 5.10 Å². The van der Waals surface area contributed by atoms with E-state index in [1.807, 2.05) is 24.7 Å². The second-order valence-corrected chi connectivity index (χ2v) is 5.92. The minimum atomic E-state index is -0.0223. The molecule has 21 heavy (non-hydrogen) atoms. The molecule has 2 heterocycles. The van der Waals surface area contributed by atoms with Gasteiger partial charge in [-0.3, -0.25) is 4.79 Å². The highest BCUT2D eigenvalue weighted by molar-refractivity contribution is 5.91. The highest BCUT2D eigenvalue weighted by Gasteiger charge is 2.24. The van der Waals surface area contributed by atoms with Gasteiger partial charge in [-0.05, 0) is 40.5 Å². The van der Waals surface area contributed by atoms with Crippen LogP contribution in [0.4, 0.5) is 0 Å². The van der Waals surface area contributed by atoms with Gasteiger partial charge in [0.05, 0.1) is 12.2 Å². The predicted molar refractivity (Wildman–Crippen MR) is 82.3 cm³/mol.